The van der Waals surface area contributed by atoms with Crippen molar-refractivity contribution in [1.29, 1.82) is 0 Å². The topological polar surface area (TPSA) is 54.4 Å². The minimum Gasteiger partial charge on any atom is -0.387 e. The van der Waals surface area contributed by atoms with Gasteiger partial charge in [0, 0.05) is 5.02 Å². The molecule has 0 aliphatic heterocycles. The van der Waals surface area contributed by atoms with Crippen LogP contribution in [0.1, 0.15) is 17.2 Å². The van der Waals surface area contributed by atoms with E-state index in [-0.39, 0.29) is 5.75 Å². The zero-order valence-electron chi connectivity index (χ0n) is 11.3. The Balaban J connectivity index is 2.16. The lowest BCUT2D eigenvalue weighted by atomic mass is 10.1. The molecule has 1 unspecified atom stereocenters. The molecule has 7 heteroatoms. The summed E-state index contributed by atoms with van der Waals surface area (Å²) in [6, 6.07) is 9.23. The van der Waals surface area contributed by atoms with Gasteiger partial charge in [-0.1, -0.05) is 29.8 Å². The van der Waals surface area contributed by atoms with E-state index in [1.807, 2.05) is 0 Å². The van der Waals surface area contributed by atoms with E-state index >= 15 is 0 Å². The van der Waals surface area contributed by atoms with Gasteiger partial charge in [-0.25, -0.2) is 17.2 Å². The monoisotopic (exact) mass is 346 g/mol. The molecule has 0 fully saturated rings. The zero-order valence-corrected chi connectivity index (χ0v) is 12.9. The lowest BCUT2D eigenvalue weighted by molar-refractivity contribution is 0.191. The smallest absolute Gasteiger partial charge is 0.157 e. The van der Waals surface area contributed by atoms with Crippen LogP contribution in [0.5, 0.6) is 0 Å². The van der Waals surface area contributed by atoms with Gasteiger partial charge >= 0.3 is 0 Å². The summed E-state index contributed by atoms with van der Waals surface area (Å²) in [6.07, 6.45) is -1.77. The molecule has 0 saturated heterocycles. The van der Waals surface area contributed by atoms with Gasteiger partial charge in [0.15, 0.2) is 9.84 Å². The van der Waals surface area contributed by atoms with E-state index < -0.39 is 38.9 Å². The number of benzene rings is 2. The predicted octanol–water partition coefficient (Wildman–Crippen LogP) is 3.27. The molecule has 2 rings (SSSR count). The van der Waals surface area contributed by atoms with Crippen LogP contribution in [0.25, 0.3) is 0 Å². The number of aliphatic hydroxyl groups is 1. The molecule has 0 amide bonds. The van der Waals surface area contributed by atoms with Crippen molar-refractivity contribution in [3.05, 3.63) is 70.2 Å². The maximum atomic E-state index is 13.5. The van der Waals surface area contributed by atoms with Gasteiger partial charge in [-0.2, -0.15) is 0 Å². The molecule has 0 radical (unpaired) electrons. The molecule has 0 heterocycles. The summed E-state index contributed by atoms with van der Waals surface area (Å²) in [5.41, 5.74) is -0.159. The number of halogens is 3. The maximum Gasteiger partial charge on any atom is 0.157 e. The Morgan fingerprint density at radius 2 is 1.59 bits per heavy atom. The van der Waals surface area contributed by atoms with Crippen molar-refractivity contribution in [2.24, 2.45) is 0 Å². The highest BCUT2D eigenvalue weighted by molar-refractivity contribution is 7.90. The molecule has 22 heavy (non-hydrogen) atoms. The third-order valence-corrected chi connectivity index (χ3v) is 4.89. The molecule has 0 aliphatic carbocycles. The summed E-state index contributed by atoms with van der Waals surface area (Å²) in [7, 11) is -3.75. The third kappa shape index (κ3) is 4.25. The molecule has 0 aromatic heterocycles. The second-order valence-electron chi connectivity index (χ2n) is 4.83. The molecule has 1 atom stereocenters. The van der Waals surface area contributed by atoms with Crippen LogP contribution in [0, 0.1) is 11.6 Å². The van der Waals surface area contributed by atoms with Crippen molar-refractivity contribution in [1.82, 2.24) is 0 Å². The summed E-state index contributed by atoms with van der Waals surface area (Å²) in [6.45, 7) is 0. The van der Waals surface area contributed by atoms with Crippen LogP contribution in [-0.2, 0) is 15.6 Å². The fourth-order valence-corrected chi connectivity index (χ4v) is 3.64. The van der Waals surface area contributed by atoms with Gasteiger partial charge in [0.05, 0.1) is 23.2 Å². The minimum absolute atomic E-state index is 0.350. The first kappa shape index (κ1) is 16.9. The first-order valence-electron chi connectivity index (χ1n) is 6.35. The van der Waals surface area contributed by atoms with Crippen LogP contribution in [0.3, 0.4) is 0 Å². The standard InChI is InChI=1S/C15H13ClF2O3S/c16-11-6-4-10(5-7-11)8-22(20,21)9-14(19)15-12(17)2-1-3-13(15)18/h1-7,14,19H,8-9H2. The first-order chi connectivity index (χ1) is 10.3. The first-order valence-corrected chi connectivity index (χ1v) is 8.55. The van der Waals surface area contributed by atoms with E-state index in [4.69, 9.17) is 11.6 Å². The van der Waals surface area contributed by atoms with Crippen molar-refractivity contribution in [3.63, 3.8) is 0 Å². The van der Waals surface area contributed by atoms with Crippen molar-refractivity contribution < 1.29 is 22.3 Å². The van der Waals surface area contributed by atoms with Crippen LogP contribution < -0.4 is 0 Å². The van der Waals surface area contributed by atoms with Gasteiger partial charge in [-0.05, 0) is 29.8 Å². The lowest BCUT2D eigenvalue weighted by Gasteiger charge is -2.13. The highest BCUT2D eigenvalue weighted by Gasteiger charge is 2.24. The molecule has 3 nitrogen and oxygen atoms in total. The van der Waals surface area contributed by atoms with Crippen LogP contribution in [-0.4, -0.2) is 19.3 Å². The Morgan fingerprint density at radius 1 is 1.05 bits per heavy atom. The zero-order chi connectivity index (χ0) is 16.3. The average molecular weight is 347 g/mol. The van der Waals surface area contributed by atoms with E-state index in [1.165, 1.54) is 12.1 Å². The minimum atomic E-state index is -3.75. The van der Waals surface area contributed by atoms with Gasteiger partial charge in [0.25, 0.3) is 0 Å². The normalized spacial score (nSPS) is 13.1. The Hall–Kier alpha value is -1.50. The molecule has 1 N–H and O–H groups in total. The maximum absolute atomic E-state index is 13.5. The average Bonchev–Trinajstić information content (AvgIpc) is 2.40. The molecule has 0 aliphatic rings. The Morgan fingerprint density at radius 3 is 2.14 bits per heavy atom. The predicted molar refractivity (Wildman–Crippen MR) is 80.3 cm³/mol. The van der Waals surface area contributed by atoms with Crippen LogP contribution >= 0.6 is 11.6 Å². The number of hydrogen-bond donors (Lipinski definition) is 1. The molecule has 118 valence electrons. The molecule has 2 aromatic rings. The summed E-state index contributed by atoms with van der Waals surface area (Å²) in [4.78, 5) is 0. The summed E-state index contributed by atoms with van der Waals surface area (Å²) >= 11 is 5.71. The van der Waals surface area contributed by atoms with Crippen LogP contribution in [0.15, 0.2) is 42.5 Å². The lowest BCUT2D eigenvalue weighted by Crippen LogP contribution is -2.18. The van der Waals surface area contributed by atoms with Crippen molar-refractivity contribution in [2.45, 2.75) is 11.9 Å². The van der Waals surface area contributed by atoms with E-state index in [0.29, 0.717) is 10.6 Å². The van der Waals surface area contributed by atoms with E-state index in [0.717, 1.165) is 18.2 Å². The third-order valence-electron chi connectivity index (χ3n) is 3.04. The van der Waals surface area contributed by atoms with Gasteiger partial charge in [-0.15, -0.1) is 0 Å². The molecule has 0 bridgehead atoms. The fourth-order valence-electron chi connectivity index (χ4n) is 2.05. The van der Waals surface area contributed by atoms with Crippen molar-refractivity contribution in [3.8, 4) is 0 Å². The van der Waals surface area contributed by atoms with Crippen LogP contribution in [0.2, 0.25) is 5.02 Å². The van der Waals surface area contributed by atoms with Gasteiger partial charge < -0.3 is 5.11 Å². The number of rotatable bonds is 5. The molecule has 0 saturated carbocycles. The van der Waals surface area contributed by atoms with E-state index in [2.05, 4.69) is 0 Å². The Bertz CT molecular complexity index is 741. The largest absolute Gasteiger partial charge is 0.387 e. The number of sulfone groups is 1. The van der Waals surface area contributed by atoms with E-state index in [1.54, 1.807) is 12.1 Å². The second-order valence-corrected chi connectivity index (χ2v) is 7.38. The summed E-state index contributed by atoms with van der Waals surface area (Å²) in [5.74, 6) is -3.08. The fraction of sp³-hybridized carbons (Fsp3) is 0.200. The van der Waals surface area contributed by atoms with Gasteiger partial charge in [-0.3, -0.25) is 0 Å². The van der Waals surface area contributed by atoms with Gasteiger partial charge in [0.2, 0.25) is 0 Å². The molecular weight excluding hydrogens is 334 g/mol. The summed E-state index contributed by atoms with van der Waals surface area (Å²) < 4.78 is 51.2. The molecule has 2 aromatic carbocycles. The quantitative estimate of drug-likeness (QED) is 0.904. The highest BCUT2D eigenvalue weighted by atomic mass is 35.5. The highest BCUT2D eigenvalue weighted by Crippen LogP contribution is 2.23. The number of hydrogen-bond acceptors (Lipinski definition) is 3. The Kier molecular flexibility index (Phi) is 5.16. The van der Waals surface area contributed by atoms with E-state index in [9.17, 15) is 22.3 Å². The second kappa shape index (κ2) is 6.73. The molecule has 0 spiro atoms. The SMILES string of the molecule is O=S(=O)(Cc1ccc(Cl)cc1)CC(O)c1c(F)cccc1F. The van der Waals surface area contributed by atoms with Crippen LogP contribution in [0.4, 0.5) is 8.78 Å². The van der Waals surface area contributed by atoms with Crippen molar-refractivity contribution in [2.75, 3.05) is 5.75 Å². The molecular formula is C15H13ClF2O3S. The Labute approximate surface area is 132 Å². The number of aliphatic hydroxyl groups excluding tert-OH is 1. The van der Waals surface area contributed by atoms with Gasteiger partial charge in [0.1, 0.15) is 11.6 Å². The van der Waals surface area contributed by atoms with Crippen molar-refractivity contribution >= 4 is 21.4 Å². The summed E-state index contributed by atoms with van der Waals surface area (Å²) in [5, 5.41) is 10.3.